The number of hydrogen-bond donors (Lipinski definition) is 1. The number of nitrogens with one attached hydrogen (secondary N) is 1. The average molecular weight is 368 g/mol. The Balaban J connectivity index is 1.37. The maximum absolute atomic E-state index is 12.3. The van der Waals surface area contributed by atoms with Crippen molar-refractivity contribution < 1.29 is 4.79 Å². The fourth-order valence-corrected chi connectivity index (χ4v) is 3.91. The van der Waals surface area contributed by atoms with Gasteiger partial charge in [0.25, 0.3) is 5.56 Å². The standard InChI is InChI=1S/C17H20N8O2/c1-22-15-13(8-18-22)16(27)21-17(20-15)23-6-4-11(9-23)25-10-12(7-19-25)24-5-2-3-14(24)26/h7-8,10-11H,2-6,9H2,1H3,(H,20,21,27). The largest absolute Gasteiger partial charge is 0.340 e. The van der Waals surface area contributed by atoms with Gasteiger partial charge in [0, 0.05) is 39.3 Å². The number of aryl methyl sites for hydroxylation is 1. The number of aromatic nitrogens is 6. The molecule has 0 radical (unpaired) electrons. The van der Waals surface area contributed by atoms with Crippen LogP contribution in [0.2, 0.25) is 0 Å². The Morgan fingerprint density at radius 3 is 2.89 bits per heavy atom. The van der Waals surface area contributed by atoms with Gasteiger partial charge in [-0.3, -0.25) is 23.9 Å². The van der Waals surface area contributed by atoms with Gasteiger partial charge >= 0.3 is 0 Å². The lowest BCUT2D eigenvalue weighted by molar-refractivity contribution is -0.117. The van der Waals surface area contributed by atoms with Crippen LogP contribution >= 0.6 is 0 Å². The summed E-state index contributed by atoms with van der Waals surface area (Å²) in [7, 11) is 1.77. The molecule has 2 saturated heterocycles. The van der Waals surface area contributed by atoms with Gasteiger partial charge in [-0.2, -0.15) is 15.2 Å². The number of nitrogens with zero attached hydrogens (tertiary/aromatic N) is 7. The molecule has 10 heteroatoms. The molecule has 2 aliphatic heterocycles. The molecule has 0 saturated carbocycles. The van der Waals surface area contributed by atoms with Crippen molar-refractivity contribution in [3.63, 3.8) is 0 Å². The minimum absolute atomic E-state index is 0.161. The van der Waals surface area contributed by atoms with Crippen molar-refractivity contribution in [2.75, 3.05) is 29.4 Å². The Hall–Kier alpha value is -3.17. The predicted octanol–water partition coefficient (Wildman–Crippen LogP) is 0.431. The fraction of sp³-hybridized carbons (Fsp3) is 0.471. The van der Waals surface area contributed by atoms with E-state index in [9.17, 15) is 9.59 Å². The van der Waals surface area contributed by atoms with Gasteiger partial charge in [-0.05, 0) is 12.8 Å². The first-order valence-corrected chi connectivity index (χ1v) is 9.11. The molecule has 0 aromatic carbocycles. The number of carbonyl (C=O) groups is 1. The maximum atomic E-state index is 12.3. The summed E-state index contributed by atoms with van der Waals surface area (Å²) >= 11 is 0. The summed E-state index contributed by atoms with van der Waals surface area (Å²) in [5, 5.41) is 9.06. The van der Waals surface area contributed by atoms with Gasteiger partial charge in [-0.1, -0.05) is 0 Å². The van der Waals surface area contributed by atoms with Crippen molar-refractivity contribution in [3.05, 3.63) is 28.9 Å². The summed E-state index contributed by atoms with van der Waals surface area (Å²) in [6.07, 6.45) is 7.63. The number of carbonyl (C=O) groups excluding carboxylic acids is 1. The number of hydrogen-bond acceptors (Lipinski definition) is 6. The monoisotopic (exact) mass is 368 g/mol. The van der Waals surface area contributed by atoms with Gasteiger partial charge in [0.05, 0.1) is 24.1 Å². The van der Waals surface area contributed by atoms with Gasteiger partial charge in [0.15, 0.2) is 5.65 Å². The SMILES string of the molecule is Cn1ncc2c(=O)[nH]c(N3CCC(n4cc(N5CCCC5=O)cn4)C3)nc21. The molecule has 0 aliphatic carbocycles. The summed E-state index contributed by atoms with van der Waals surface area (Å²) in [5.41, 5.74) is 1.25. The van der Waals surface area contributed by atoms with Crippen LogP contribution in [0.25, 0.3) is 11.0 Å². The van der Waals surface area contributed by atoms with E-state index in [1.807, 2.05) is 10.9 Å². The topological polar surface area (TPSA) is 105 Å². The van der Waals surface area contributed by atoms with E-state index in [4.69, 9.17) is 0 Å². The van der Waals surface area contributed by atoms with E-state index in [0.29, 0.717) is 29.9 Å². The molecule has 140 valence electrons. The van der Waals surface area contributed by atoms with E-state index in [0.717, 1.165) is 31.6 Å². The Morgan fingerprint density at radius 2 is 2.07 bits per heavy atom. The number of aromatic amines is 1. The second kappa shape index (κ2) is 5.93. The van der Waals surface area contributed by atoms with Crippen LogP contribution in [0.3, 0.4) is 0 Å². The lowest BCUT2D eigenvalue weighted by Gasteiger charge is -2.17. The minimum Gasteiger partial charge on any atom is -0.340 e. The number of fused-ring (bicyclic) bond motifs is 1. The van der Waals surface area contributed by atoms with E-state index in [-0.39, 0.29) is 17.5 Å². The highest BCUT2D eigenvalue weighted by atomic mass is 16.2. The first-order valence-electron chi connectivity index (χ1n) is 9.11. The number of anilines is 2. The van der Waals surface area contributed by atoms with Crippen molar-refractivity contribution in [2.45, 2.75) is 25.3 Å². The first kappa shape index (κ1) is 16.0. The molecule has 10 nitrogen and oxygen atoms in total. The second-order valence-electron chi connectivity index (χ2n) is 7.11. The van der Waals surface area contributed by atoms with E-state index in [2.05, 4.69) is 25.1 Å². The summed E-state index contributed by atoms with van der Waals surface area (Å²) < 4.78 is 3.52. The summed E-state index contributed by atoms with van der Waals surface area (Å²) in [5.74, 6) is 0.717. The fourth-order valence-electron chi connectivity index (χ4n) is 3.91. The molecule has 2 aliphatic rings. The molecular formula is C17H20N8O2. The third kappa shape index (κ3) is 2.59. The van der Waals surface area contributed by atoms with Crippen molar-refractivity contribution in [1.29, 1.82) is 0 Å². The molecule has 5 heterocycles. The first-order chi connectivity index (χ1) is 13.1. The molecule has 0 bridgehead atoms. The highest BCUT2D eigenvalue weighted by Crippen LogP contribution is 2.27. The minimum atomic E-state index is -0.180. The van der Waals surface area contributed by atoms with Crippen LogP contribution in [0.1, 0.15) is 25.3 Å². The van der Waals surface area contributed by atoms with E-state index < -0.39 is 0 Å². The molecular weight excluding hydrogens is 348 g/mol. The van der Waals surface area contributed by atoms with Gasteiger partial charge in [-0.25, -0.2) is 0 Å². The average Bonchev–Trinajstić information content (AvgIpc) is 3.41. The normalized spacial score (nSPS) is 20.3. The van der Waals surface area contributed by atoms with E-state index in [1.54, 1.807) is 22.8 Å². The summed E-state index contributed by atoms with van der Waals surface area (Å²) in [6.45, 7) is 2.23. The predicted molar refractivity (Wildman–Crippen MR) is 98.8 cm³/mol. The molecule has 1 atom stereocenters. The molecule has 0 spiro atoms. The lowest BCUT2D eigenvalue weighted by atomic mass is 10.3. The summed E-state index contributed by atoms with van der Waals surface area (Å²) in [6, 6.07) is 0.170. The molecule has 1 N–H and O–H groups in total. The third-order valence-corrected chi connectivity index (χ3v) is 5.40. The van der Waals surface area contributed by atoms with Crippen LogP contribution in [0.5, 0.6) is 0 Å². The van der Waals surface area contributed by atoms with E-state index >= 15 is 0 Å². The molecule has 2 fully saturated rings. The molecule has 3 aromatic rings. The number of H-pyrrole nitrogens is 1. The van der Waals surface area contributed by atoms with Crippen molar-refractivity contribution >= 4 is 28.6 Å². The van der Waals surface area contributed by atoms with Crippen molar-refractivity contribution in [3.8, 4) is 0 Å². The van der Waals surface area contributed by atoms with Crippen LogP contribution < -0.4 is 15.4 Å². The molecule has 5 rings (SSSR count). The maximum Gasteiger partial charge on any atom is 0.263 e. The number of rotatable bonds is 3. The van der Waals surface area contributed by atoms with Crippen molar-refractivity contribution in [2.24, 2.45) is 7.05 Å². The molecule has 1 amide bonds. The van der Waals surface area contributed by atoms with Gasteiger partial charge in [0.2, 0.25) is 11.9 Å². The Morgan fingerprint density at radius 1 is 1.19 bits per heavy atom. The Bertz CT molecular complexity index is 1080. The zero-order valence-electron chi connectivity index (χ0n) is 15.0. The quantitative estimate of drug-likeness (QED) is 0.719. The zero-order chi connectivity index (χ0) is 18.5. The summed E-state index contributed by atoms with van der Waals surface area (Å²) in [4.78, 5) is 35.5. The van der Waals surface area contributed by atoms with Gasteiger partial charge in [0.1, 0.15) is 5.39 Å². The van der Waals surface area contributed by atoms with Crippen LogP contribution in [0, 0.1) is 0 Å². The molecule has 3 aromatic heterocycles. The lowest BCUT2D eigenvalue weighted by Crippen LogP contribution is -2.26. The molecule has 27 heavy (non-hydrogen) atoms. The number of amides is 1. The molecule has 1 unspecified atom stereocenters. The Kier molecular flexibility index (Phi) is 3.52. The highest BCUT2D eigenvalue weighted by Gasteiger charge is 2.28. The van der Waals surface area contributed by atoms with Gasteiger partial charge < -0.3 is 9.80 Å². The third-order valence-electron chi connectivity index (χ3n) is 5.40. The van der Waals surface area contributed by atoms with E-state index in [1.165, 1.54) is 6.20 Å². The zero-order valence-corrected chi connectivity index (χ0v) is 15.0. The van der Waals surface area contributed by atoms with Crippen LogP contribution in [0.15, 0.2) is 23.4 Å². The smallest absolute Gasteiger partial charge is 0.263 e. The highest BCUT2D eigenvalue weighted by molar-refractivity contribution is 5.95. The van der Waals surface area contributed by atoms with Gasteiger partial charge in [-0.15, -0.1) is 0 Å². The van der Waals surface area contributed by atoms with Crippen LogP contribution in [-0.4, -0.2) is 55.1 Å². The van der Waals surface area contributed by atoms with Crippen molar-refractivity contribution in [1.82, 2.24) is 29.5 Å². The Labute approximate surface area is 154 Å². The van der Waals surface area contributed by atoms with Crippen LogP contribution in [-0.2, 0) is 11.8 Å². The second-order valence-corrected chi connectivity index (χ2v) is 7.11. The van der Waals surface area contributed by atoms with Crippen LogP contribution in [0.4, 0.5) is 11.6 Å².